The number of aliphatic hydroxyl groups excluding tert-OH is 1. The first kappa shape index (κ1) is 14.4. The smallest absolute Gasteiger partial charge is 0.161 e. The molecule has 0 bridgehead atoms. The molecule has 0 fully saturated rings. The Kier molecular flexibility index (Phi) is 5.44. The van der Waals surface area contributed by atoms with Gasteiger partial charge in [-0.15, -0.1) is 0 Å². The lowest BCUT2D eigenvalue weighted by Crippen LogP contribution is -2.03. The van der Waals surface area contributed by atoms with Crippen LogP contribution in [0.4, 0.5) is 0 Å². The molecule has 0 radical (unpaired) electrons. The molecular formula is C17H20O3. The normalized spacial score (nSPS) is 11.9. The van der Waals surface area contributed by atoms with Crippen LogP contribution < -0.4 is 9.47 Å². The molecule has 2 aromatic rings. The fourth-order valence-electron chi connectivity index (χ4n) is 2.04. The zero-order chi connectivity index (χ0) is 14.2. The third kappa shape index (κ3) is 4.00. The van der Waals surface area contributed by atoms with Crippen molar-refractivity contribution in [3.05, 3.63) is 60.2 Å². The maximum absolute atomic E-state index is 10.0. The van der Waals surface area contributed by atoms with E-state index in [0.29, 0.717) is 13.0 Å². The first-order valence-electron chi connectivity index (χ1n) is 6.80. The van der Waals surface area contributed by atoms with Gasteiger partial charge in [0.05, 0.1) is 19.8 Å². The van der Waals surface area contributed by atoms with Crippen molar-refractivity contribution in [2.24, 2.45) is 0 Å². The van der Waals surface area contributed by atoms with Gasteiger partial charge in [0.25, 0.3) is 0 Å². The summed E-state index contributed by atoms with van der Waals surface area (Å²) in [6.07, 6.45) is 1.03. The van der Waals surface area contributed by atoms with Crippen LogP contribution in [0.15, 0.2) is 54.6 Å². The summed E-state index contributed by atoms with van der Waals surface area (Å²) >= 11 is 0. The van der Waals surface area contributed by atoms with Gasteiger partial charge in [-0.25, -0.2) is 0 Å². The minimum atomic E-state index is -0.433. The standard InChI is InChI=1S/C17H20O3/c1-19-16-11-5-6-12-17(16)20-13-7-10-15(18)14-8-3-2-4-9-14/h2-6,8-9,11-12,15,18H,7,10,13H2,1H3. The Morgan fingerprint density at radius 2 is 1.60 bits per heavy atom. The van der Waals surface area contributed by atoms with E-state index in [9.17, 15) is 5.11 Å². The molecule has 20 heavy (non-hydrogen) atoms. The van der Waals surface area contributed by atoms with Gasteiger partial charge < -0.3 is 14.6 Å². The predicted octanol–water partition coefficient (Wildman–Crippen LogP) is 3.59. The van der Waals surface area contributed by atoms with Crippen molar-refractivity contribution in [2.75, 3.05) is 13.7 Å². The SMILES string of the molecule is COc1ccccc1OCCCC(O)c1ccccc1. The number of hydrogen-bond donors (Lipinski definition) is 1. The molecular weight excluding hydrogens is 252 g/mol. The summed E-state index contributed by atoms with van der Waals surface area (Å²) in [7, 11) is 1.63. The zero-order valence-electron chi connectivity index (χ0n) is 11.7. The monoisotopic (exact) mass is 272 g/mol. The van der Waals surface area contributed by atoms with E-state index in [1.807, 2.05) is 54.6 Å². The van der Waals surface area contributed by atoms with Gasteiger partial charge in [0.2, 0.25) is 0 Å². The number of para-hydroxylation sites is 2. The van der Waals surface area contributed by atoms with E-state index in [1.54, 1.807) is 7.11 Å². The maximum atomic E-state index is 10.0. The van der Waals surface area contributed by atoms with Crippen molar-refractivity contribution in [1.82, 2.24) is 0 Å². The second-order valence-corrected chi connectivity index (χ2v) is 4.57. The fourth-order valence-corrected chi connectivity index (χ4v) is 2.04. The molecule has 0 spiro atoms. The van der Waals surface area contributed by atoms with Gasteiger partial charge in [0.1, 0.15) is 0 Å². The van der Waals surface area contributed by atoms with Crippen LogP contribution in [0.25, 0.3) is 0 Å². The van der Waals surface area contributed by atoms with E-state index in [4.69, 9.17) is 9.47 Å². The molecule has 2 aromatic carbocycles. The minimum Gasteiger partial charge on any atom is -0.493 e. The van der Waals surface area contributed by atoms with Crippen LogP contribution in [0.2, 0.25) is 0 Å². The van der Waals surface area contributed by atoms with Gasteiger partial charge in [0.15, 0.2) is 11.5 Å². The molecule has 0 saturated heterocycles. The first-order valence-corrected chi connectivity index (χ1v) is 6.80. The van der Waals surface area contributed by atoms with E-state index >= 15 is 0 Å². The molecule has 0 saturated carbocycles. The van der Waals surface area contributed by atoms with Crippen LogP contribution >= 0.6 is 0 Å². The lowest BCUT2D eigenvalue weighted by Gasteiger charge is -2.12. The van der Waals surface area contributed by atoms with Crippen LogP contribution in [0, 0.1) is 0 Å². The summed E-state index contributed by atoms with van der Waals surface area (Å²) in [4.78, 5) is 0. The van der Waals surface area contributed by atoms with Crippen LogP contribution in [0.1, 0.15) is 24.5 Å². The highest BCUT2D eigenvalue weighted by Gasteiger charge is 2.07. The predicted molar refractivity (Wildman–Crippen MR) is 79.1 cm³/mol. The van der Waals surface area contributed by atoms with Gasteiger partial charge in [-0.1, -0.05) is 42.5 Å². The Bertz CT molecular complexity index is 511. The average molecular weight is 272 g/mol. The highest BCUT2D eigenvalue weighted by Crippen LogP contribution is 2.26. The van der Waals surface area contributed by atoms with E-state index in [-0.39, 0.29) is 0 Å². The lowest BCUT2D eigenvalue weighted by molar-refractivity contribution is 0.154. The van der Waals surface area contributed by atoms with Crippen molar-refractivity contribution < 1.29 is 14.6 Å². The minimum absolute atomic E-state index is 0.433. The second kappa shape index (κ2) is 7.56. The Morgan fingerprint density at radius 1 is 0.950 bits per heavy atom. The van der Waals surface area contributed by atoms with Gasteiger partial charge in [-0.3, -0.25) is 0 Å². The van der Waals surface area contributed by atoms with Crippen molar-refractivity contribution in [3.8, 4) is 11.5 Å². The summed E-state index contributed by atoms with van der Waals surface area (Å²) in [5, 5.41) is 10.0. The Hall–Kier alpha value is -2.00. The lowest BCUT2D eigenvalue weighted by atomic mass is 10.1. The molecule has 3 heteroatoms. The third-order valence-electron chi connectivity index (χ3n) is 3.13. The van der Waals surface area contributed by atoms with E-state index in [0.717, 1.165) is 23.5 Å². The highest BCUT2D eigenvalue weighted by atomic mass is 16.5. The molecule has 0 heterocycles. The fraction of sp³-hybridized carbons (Fsp3) is 0.294. The molecule has 0 aromatic heterocycles. The molecule has 0 amide bonds. The Balaban J connectivity index is 1.76. The van der Waals surface area contributed by atoms with Gasteiger partial charge in [-0.2, -0.15) is 0 Å². The largest absolute Gasteiger partial charge is 0.493 e. The van der Waals surface area contributed by atoms with Crippen molar-refractivity contribution in [2.45, 2.75) is 18.9 Å². The highest BCUT2D eigenvalue weighted by molar-refractivity contribution is 5.39. The van der Waals surface area contributed by atoms with E-state index < -0.39 is 6.10 Å². The van der Waals surface area contributed by atoms with E-state index in [2.05, 4.69) is 0 Å². The van der Waals surface area contributed by atoms with E-state index in [1.165, 1.54) is 0 Å². The quantitative estimate of drug-likeness (QED) is 0.783. The average Bonchev–Trinajstić information content (AvgIpc) is 2.52. The Labute approximate surface area is 119 Å². The van der Waals surface area contributed by atoms with Crippen LogP contribution in [0.5, 0.6) is 11.5 Å². The first-order chi connectivity index (χ1) is 9.81. The van der Waals surface area contributed by atoms with Gasteiger partial charge in [0, 0.05) is 0 Å². The molecule has 1 atom stereocenters. The maximum Gasteiger partial charge on any atom is 0.161 e. The molecule has 3 nitrogen and oxygen atoms in total. The van der Waals surface area contributed by atoms with Crippen LogP contribution in [-0.2, 0) is 0 Å². The second-order valence-electron chi connectivity index (χ2n) is 4.57. The zero-order valence-corrected chi connectivity index (χ0v) is 11.7. The number of methoxy groups -OCH3 is 1. The number of ether oxygens (including phenoxy) is 2. The molecule has 0 aliphatic rings. The summed E-state index contributed by atoms with van der Waals surface area (Å²) in [6.45, 7) is 0.560. The molecule has 106 valence electrons. The molecule has 1 unspecified atom stereocenters. The molecule has 0 aliphatic heterocycles. The topological polar surface area (TPSA) is 38.7 Å². The molecule has 1 N–H and O–H groups in total. The van der Waals surface area contributed by atoms with Gasteiger partial charge >= 0.3 is 0 Å². The molecule has 0 aliphatic carbocycles. The molecule has 2 rings (SSSR count). The van der Waals surface area contributed by atoms with Gasteiger partial charge in [-0.05, 0) is 30.5 Å². The summed E-state index contributed by atoms with van der Waals surface area (Å²) in [5.74, 6) is 1.47. The van der Waals surface area contributed by atoms with Crippen molar-refractivity contribution >= 4 is 0 Å². The number of hydrogen-bond acceptors (Lipinski definition) is 3. The van der Waals surface area contributed by atoms with Crippen molar-refractivity contribution in [3.63, 3.8) is 0 Å². The number of aliphatic hydroxyl groups is 1. The van der Waals surface area contributed by atoms with Crippen LogP contribution in [0.3, 0.4) is 0 Å². The summed E-state index contributed by atoms with van der Waals surface area (Å²) in [6, 6.07) is 17.3. The van der Waals surface area contributed by atoms with Crippen molar-refractivity contribution in [1.29, 1.82) is 0 Å². The summed E-state index contributed by atoms with van der Waals surface area (Å²) in [5.41, 5.74) is 0.949. The van der Waals surface area contributed by atoms with Crippen LogP contribution in [-0.4, -0.2) is 18.8 Å². The number of rotatable bonds is 7. The number of benzene rings is 2. The third-order valence-corrected chi connectivity index (χ3v) is 3.13. The summed E-state index contributed by atoms with van der Waals surface area (Å²) < 4.78 is 10.9. The Morgan fingerprint density at radius 3 is 2.30 bits per heavy atom.